The fourth-order valence-electron chi connectivity index (χ4n) is 2.94. The fourth-order valence-corrected chi connectivity index (χ4v) is 2.94. The Morgan fingerprint density at radius 3 is 2.68 bits per heavy atom. The molecular weight excluding hydrogens is 281 g/mol. The van der Waals surface area contributed by atoms with E-state index in [0.29, 0.717) is 12.6 Å². The summed E-state index contributed by atoms with van der Waals surface area (Å²) in [4.78, 5) is 4.12. The summed E-state index contributed by atoms with van der Waals surface area (Å²) in [6, 6.07) is 7.23. The van der Waals surface area contributed by atoms with E-state index in [4.69, 9.17) is 5.73 Å². The quantitative estimate of drug-likeness (QED) is 0.734. The third-order valence-electron chi connectivity index (χ3n) is 4.46. The van der Waals surface area contributed by atoms with E-state index >= 15 is 0 Å². The van der Waals surface area contributed by atoms with Crippen LogP contribution in [0.15, 0.2) is 24.3 Å². The minimum Gasteiger partial charge on any atom is -0.367 e. The van der Waals surface area contributed by atoms with Crippen molar-refractivity contribution in [1.29, 1.82) is 0 Å². The molecule has 118 valence electrons. The number of rotatable bonds is 7. The van der Waals surface area contributed by atoms with Crippen LogP contribution in [0.2, 0.25) is 0 Å². The number of aryl methyl sites for hydroxylation is 1. The molecule has 4 N–H and O–H groups in total. The number of anilines is 1. The van der Waals surface area contributed by atoms with Crippen LogP contribution in [0.25, 0.3) is 0 Å². The van der Waals surface area contributed by atoms with Crippen LogP contribution in [0.3, 0.4) is 0 Å². The minimum absolute atomic E-state index is 0.180. The maximum absolute atomic E-state index is 12.9. The van der Waals surface area contributed by atoms with Crippen LogP contribution in [0.1, 0.15) is 37.1 Å². The van der Waals surface area contributed by atoms with Gasteiger partial charge in [-0.25, -0.2) is 4.39 Å². The first-order valence-corrected chi connectivity index (χ1v) is 7.85. The molecule has 0 amide bonds. The number of aromatic amines is 1. The molecule has 1 saturated carbocycles. The van der Waals surface area contributed by atoms with Gasteiger partial charge in [0.05, 0.1) is 6.54 Å². The van der Waals surface area contributed by atoms with Gasteiger partial charge in [-0.15, -0.1) is 5.10 Å². The van der Waals surface area contributed by atoms with E-state index < -0.39 is 0 Å². The lowest BCUT2D eigenvalue weighted by Crippen LogP contribution is -2.39. The van der Waals surface area contributed by atoms with E-state index in [2.05, 4.69) is 20.5 Å². The molecule has 1 aromatic heterocycles. The van der Waals surface area contributed by atoms with Crippen LogP contribution in [0, 0.1) is 11.7 Å². The zero-order chi connectivity index (χ0) is 15.4. The topological polar surface area (TPSA) is 79.6 Å². The number of nitrogens with one attached hydrogen (secondary N) is 2. The van der Waals surface area contributed by atoms with E-state index in [1.54, 1.807) is 0 Å². The predicted molar refractivity (Wildman–Crippen MR) is 83.5 cm³/mol. The molecule has 5 nitrogen and oxygen atoms in total. The van der Waals surface area contributed by atoms with Gasteiger partial charge in [-0.2, -0.15) is 4.98 Å². The Morgan fingerprint density at radius 2 is 2.09 bits per heavy atom. The van der Waals surface area contributed by atoms with Crippen molar-refractivity contribution < 1.29 is 4.39 Å². The van der Waals surface area contributed by atoms with Crippen molar-refractivity contribution in [1.82, 2.24) is 20.5 Å². The van der Waals surface area contributed by atoms with Crippen LogP contribution >= 0.6 is 0 Å². The molecule has 22 heavy (non-hydrogen) atoms. The van der Waals surface area contributed by atoms with Gasteiger partial charge in [0.25, 0.3) is 0 Å². The van der Waals surface area contributed by atoms with Crippen molar-refractivity contribution in [3.8, 4) is 0 Å². The monoisotopic (exact) mass is 303 g/mol. The second-order valence-corrected chi connectivity index (χ2v) is 5.98. The second-order valence-electron chi connectivity index (χ2n) is 5.98. The van der Waals surface area contributed by atoms with Crippen LogP contribution in [-0.4, -0.2) is 21.2 Å². The fraction of sp³-hybridized carbons (Fsp3) is 0.500. The highest BCUT2D eigenvalue weighted by molar-refractivity contribution is 5.16. The predicted octanol–water partition coefficient (Wildman–Crippen LogP) is 2.42. The zero-order valence-corrected chi connectivity index (χ0v) is 12.6. The molecule has 1 heterocycles. The Balaban J connectivity index is 1.54. The van der Waals surface area contributed by atoms with E-state index in [1.807, 2.05) is 12.1 Å². The summed E-state index contributed by atoms with van der Waals surface area (Å²) in [7, 11) is 0. The summed E-state index contributed by atoms with van der Waals surface area (Å²) >= 11 is 0. The van der Waals surface area contributed by atoms with Crippen molar-refractivity contribution in [2.45, 2.75) is 44.7 Å². The molecule has 2 aromatic rings. The lowest BCUT2D eigenvalue weighted by Gasteiger charge is -2.34. The van der Waals surface area contributed by atoms with Gasteiger partial charge in [-0.05, 0) is 49.3 Å². The third kappa shape index (κ3) is 3.82. The molecule has 6 heteroatoms. The molecular formula is C16H22FN5. The summed E-state index contributed by atoms with van der Waals surface area (Å²) in [5, 5.41) is 10.2. The van der Waals surface area contributed by atoms with Gasteiger partial charge in [-0.1, -0.05) is 18.6 Å². The number of benzene rings is 1. The molecule has 1 unspecified atom stereocenters. The lowest BCUT2D eigenvalue weighted by atomic mass is 9.78. The number of hydrogen-bond acceptors (Lipinski definition) is 4. The second kappa shape index (κ2) is 6.87. The summed E-state index contributed by atoms with van der Waals surface area (Å²) in [6.07, 6.45) is 5.86. The zero-order valence-electron chi connectivity index (χ0n) is 12.6. The number of H-pyrrole nitrogens is 1. The highest BCUT2D eigenvalue weighted by Gasteiger charge is 2.26. The first-order valence-electron chi connectivity index (χ1n) is 7.85. The summed E-state index contributed by atoms with van der Waals surface area (Å²) in [5.41, 5.74) is 6.69. The number of halogens is 1. The van der Waals surface area contributed by atoms with Gasteiger partial charge in [0.1, 0.15) is 11.6 Å². The van der Waals surface area contributed by atoms with E-state index in [0.717, 1.165) is 24.6 Å². The van der Waals surface area contributed by atoms with Gasteiger partial charge in [0.15, 0.2) is 0 Å². The molecule has 1 atom stereocenters. The van der Waals surface area contributed by atoms with Gasteiger partial charge >= 0.3 is 0 Å². The first-order chi connectivity index (χ1) is 10.7. The van der Waals surface area contributed by atoms with Crippen molar-refractivity contribution in [2.24, 2.45) is 5.92 Å². The standard InChI is InChI=1S/C16H22FN5/c17-13-7-4-11(5-8-13)6-9-14(12-2-1-3-12)19-10-15-20-16(18)22-21-15/h4-5,7-8,12,14,19H,1-3,6,9-10H2,(H3,18,20,21,22). The van der Waals surface area contributed by atoms with E-state index in [-0.39, 0.29) is 11.8 Å². The first kappa shape index (κ1) is 15.0. The molecule has 1 fully saturated rings. The molecule has 1 aliphatic carbocycles. The van der Waals surface area contributed by atoms with Crippen LogP contribution < -0.4 is 11.1 Å². The summed E-state index contributed by atoms with van der Waals surface area (Å²) in [6.45, 7) is 0.648. The maximum Gasteiger partial charge on any atom is 0.239 e. The van der Waals surface area contributed by atoms with Gasteiger partial charge in [0, 0.05) is 6.04 Å². The molecule has 3 rings (SSSR count). The van der Waals surface area contributed by atoms with E-state index in [9.17, 15) is 4.39 Å². The number of nitrogens with two attached hydrogens (primary N) is 1. The maximum atomic E-state index is 12.9. The summed E-state index contributed by atoms with van der Waals surface area (Å²) in [5.74, 6) is 1.59. The minimum atomic E-state index is -0.180. The molecule has 1 aromatic carbocycles. The molecule has 0 bridgehead atoms. The largest absolute Gasteiger partial charge is 0.367 e. The molecule has 0 saturated heterocycles. The number of nitrogen functional groups attached to an aromatic ring is 1. The van der Waals surface area contributed by atoms with Crippen molar-refractivity contribution in [2.75, 3.05) is 5.73 Å². The number of hydrogen-bond donors (Lipinski definition) is 3. The smallest absolute Gasteiger partial charge is 0.239 e. The average molecular weight is 303 g/mol. The van der Waals surface area contributed by atoms with Gasteiger partial charge < -0.3 is 11.1 Å². The van der Waals surface area contributed by atoms with Crippen LogP contribution in [0.4, 0.5) is 10.3 Å². The van der Waals surface area contributed by atoms with Crippen molar-refractivity contribution >= 4 is 5.95 Å². The average Bonchev–Trinajstić information content (AvgIpc) is 2.87. The van der Waals surface area contributed by atoms with Crippen molar-refractivity contribution in [3.05, 3.63) is 41.5 Å². The Kier molecular flexibility index (Phi) is 4.68. The van der Waals surface area contributed by atoms with Gasteiger partial charge in [-0.3, -0.25) is 5.10 Å². The molecule has 0 spiro atoms. The van der Waals surface area contributed by atoms with E-state index in [1.165, 1.54) is 37.0 Å². The Bertz CT molecular complexity index is 591. The Labute approximate surface area is 129 Å². The Hall–Kier alpha value is -1.95. The Morgan fingerprint density at radius 1 is 1.32 bits per heavy atom. The number of nitrogens with zero attached hydrogens (tertiary/aromatic N) is 2. The SMILES string of the molecule is Nc1n[nH]c(CNC(CCc2ccc(F)cc2)C2CCC2)n1. The number of aromatic nitrogens is 3. The van der Waals surface area contributed by atoms with Crippen molar-refractivity contribution in [3.63, 3.8) is 0 Å². The van der Waals surface area contributed by atoms with Crippen LogP contribution in [-0.2, 0) is 13.0 Å². The third-order valence-corrected chi connectivity index (χ3v) is 4.46. The van der Waals surface area contributed by atoms with Gasteiger partial charge in [0.2, 0.25) is 5.95 Å². The molecule has 0 aliphatic heterocycles. The summed E-state index contributed by atoms with van der Waals surface area (Å²) < 4.78 is 12.9. The molecule has 1 aliphatic rings. The molecule has 0 radical (unpaired) electrons. The highest BCUT2D eigenvalue weighted by Crippen LogP contribution is 2.31. The normalized spacial score (nSPS) is 16.4. The lowest BCUT2D eigenvalue weighted by molar-refractivity contribution is 0.217. The van der Waals surface area contributed by atoms with Crippen LogP contribution in [0.5, 0.6) is 0 Å². The highest BCUT2D eigenvalue weighted by atomic mass is 19.1.